The molecule has 6 nitrogen and oxygen atoms in total. The number of benzene rings is 1. The predicted molar refractivity (Wildman–Crippen MR) is 70.6 cm³/mol. The lowest BCUT2D eigenvalue weighted by Gasteiger charge is -2.15. The van der Waals surface area contributed by atoms with Crippen LogP contribution in [-0.4, -0.2) is 32.4 Å². The number of hydrogen-bond acceptors (Lipinski definition) is 4. The summed E-state index contributed by atoms with van der Waals surface area (Å²) in [5, 5.41) is 8.49. The highest BCUT2D eigenvalue weighted by Crippen LogP contribution is 2.19. The van der Waals surface area contributed by atoms with Crippen LogP contribution in [0.25, 0.3) is 0 Å². The van der Waals surface area contributed by atoms with Crippen LogP contribution in [0, 0.1) is 0 Å². The van der Waals surface area contributed by atoms with E-state index in [2.05, 4.69) is 4.72 Å². The fourth-order valence-corrected chi connectivity index (χ4v) is 2.76. The zero-order chi connectivity index (χ0) is 14.5. The van der Waals surface area contributed by atoms with E-state index in [-0.39, 0.29) is 0 Å². The topological polar surface area (TPSA) is 92.7 Å². The van der Waals surface area contributed by atoms with Crippen LogP contribution < -0.4 is 9.46 Å². The Hall–Kier alpha value is -1.60. The first kappa shape index (κ1) is 15.5. The third-order valence-electron chi connectivity index (χ3n) is 2.53. The van der Waals surface area contributed by atoms with Crippen LogP contribution in [-0.2, 0) is 14.8 Å². The van der Waals surface area contributed by atoms with Crippen LogP contribution in [0.2, 0.25) is 0 Å². The second-order valence-electron chi connectivity index (χ2n) is 4.08. The van der Waals surface area contributed by atoms with Crippen molar-refractivity contribution in [2.45, 2.75) is 19.4 Å². The summed E-state index contributed by atoms with van der Waals surface area (Å²) in [4.78, 5) is 10.4. The van der Waals surface area contributed by atoms with Crippen molar-refractivity contribution in [2.75, 3.05) is 12.9 Å². The van der Waals surface area contributed by atoms with E-state index in [4.69, 9.17) is 9.84 Å². The lowest BCUT2D eigenvalue weighted by Crippen LogP contribution is -2.30. The number of carboxylic acids is 1. The lowest BCUT2D eigenvalue weighted by atomic mass is 10.1. The summed E-state index contributed by atoms with van der Waals surface area (Å²) in [5.74, 6) is -0.940. The summed E-state index contributed by atoms with van der Waals surface area (Å²) in [7, 11) is -2.09. The van der Waals surface area contributed by atoms with Gasteiger partial charge in [-0.3, -0.25) is 4.79 Å². The summed E-state index contributed by atoms with van der Waals surface area (Å²) in [6.07, 6.45) is -0.417. The third-order valence-corrected chi connectivity index (χ3v) is 3.99. The Balaban J connectivity index is 2.72. The number of ether oxygens (including phenoxy) is 1. The minimum Gasteiger partial charge on any atom is -0.497 e. The summed E-state index contributed by atoms with van der Waals surface area (Å²) in [5.41, 5.74) is 0.748. The first-order valence-corrected chi connectivity index (χ1v) is 7.35. The molecular weight excluding hydrogens is 270 g/mol. The molecule has 0 fully saturated rings. The van der Waals surface area contributed by atoms with Crippen molar-refractivity contribution >= 4 is 16.0 Å². The fraction of sp³-hybridized carbons (Fsp3) is 0.417. The smallest absolute Gasteiger partial charge is 0.304 e. The molecule has 0 amide bonds. The molecule has 0 bridgehead atoms. The highest BCUT2D eigenvalue weighted by Gasteiger charge is 2.17. The number of nitrogens with one attached hydrogen (secondary N) is 1. The molecule has 0 aliphatic heterocycles. The molecule has 0 saturated carbocycles. The van der Waals surface area contributed by atoms with E-state index in [0.29, 0.717) is 5.75 Å². The van der Waals surface area contributed by atoms with Crippen LogP contribution in [0.1, 0.15) is 24.9 Å². The number of aliphatic carboxylic acids is 1. The molecule has 2 N–H and O–H groups in total. The molecule has 0 radical (unpaired) electrons. The highest BCUT2D eigenvalue weighted by molar-refractivity contribution is 7.89. The van der Waals surface area contributed by atoms with Gasteiger partial charge in [-0.1, -0.05) is 12.1 Å². The van der Waals surface area contributed by atoms with Gasteiger partial charge < -0.3 is 9.84 Å². The highest BCUT2D eigenvalue weighted by atomic mass is 32.2. The normalized spacial score (nSPS) is 12.9. The Labute approximate surface area is 112 Å². The molecule has 0 saturated heterocycles. The van der Waals surface area contributed by atoms with E-state index in [1.807, 2.05) is 0 Å². The van der Waals surface area contributed by atoms with Crippen molar-refractivity contribution in [3.05, 3.63) is 29.8 Å². The number of sulfonamides is 1. The largest absolute Gasteiger partial charge is 0.497 e. The molecule has 1 rings (SSSR count). The predicted octanol–water partition coefficient (Wildman–Crippen LogP) is 1.15. The molecule has 0 aliphatic rings. The standard InChI is InChI=1S/C12H17NO5S/c1-9(10-4-3-5-11(8-10)18-2)13-19(16,17)7-6-12(14)15/h3-5,8-9,13H,6-7H2,1-2H3,(H,14,15)/t9-/m1/s1. The van der Waals surface area contributed by atoms with Crippen LogP contribution >= 0.6 is 0 Å². The molecule has 0 aliphatic carbocycles. The molecule has 0 heterocycles. The molecule has 0 spiro atoms. The van der Waals surface area contributed by atoms with Crippen LogP contribution in [0.5, 0.6) is 5.75 Å². The Morgan fingerprint density at radius 2 is 2.16 bits per heavy atom. The summed E-state index contributed by atoms with van der Waals surface area (Å²) < 4.78 is 30.8. The van der Waals surface area contributed by atoms with Gasteiger partial charge in [-0.15, -0.1) is 0 Å². The second kappa shape index (κ2) is 6.53. The number of hydrogen-bond donors (Lipinski definition) is 2. The van der Waals surface area contributed by atoms with E-state index < -0.39 is 34.2 Å². The summed E-state index contributed by atoms with van der Waals surface area (Å²) >= 11 is 0. The van der Waals surface area contributed by atoms with Gasteiger partial charge in [0.1, 0.15) is 5.75 Å². The molecular formula is C12H17NO5S. The monoisotopic (exact) mass is 287 g/mol. The number of methoxy groups -OCH3 is 1. The van der Waals surface area contributed by atoms with Crippen molar-refractivity contribution in [1.82, 2.24) is 4.72 Å². The van der Waals surface area contributed by atoms with Crippen molar-refractivity contribution in [3.63, 3.8) is 0 Å². The molecule has 0 aromatic heterocycles. The number of carbonyl (C=O) groups is 1. The molecule has 1 atom stereocenters. The Morgan fingerprint density at radius 3 is 2.74 bits per heavy atom. The van der Waals surface area contributed by atoms with Gasteiger partial charge in [0, 0.05) is 6.04 Å². The van der Waals surface area contributed by atoms with Crippen molar-refractivity contribution < 1.29 is 23.1 Å². The van der Waals surface area contributed by atoms with Gasteiger partial charge in [0.2, 0.25) is 10.0 Å². The second-order valence-corrected chi connectivity index (χ2v) is 5.95. The number of carboxylic acid groups (broad SMARTS) is 1. The van der Waals surface area contributed by atoms with Gasteiger partial charge in [0.25, 0.3) is 0 Å². The summed E-state index contributed by atoms with van der Waals surface area (Å²) in [6.45, 7) is 1.69. The molecule has 106 valence electrons. The SMILES string of the molecule is COc1cccc([C@@H](C)NS(=O)(=O)CCC(=O)O)c1. The van der Waals surface area contributed by atoms with E-state index in [1.165, 1.54) is 7.11 Å². The maximum absolute atomic E-state index is 11.7. The van der Waals surface area contributed by atoms with Crippen molar-refractivity contribution in [2.24, 2.45) is 0 Å². The van der Waals surface area contributed by atoms with E-state index in [9.17, 15) is 13.2 Å². The van der Waals surface area contributed by atoms with E-state index in [1.54, 1.807) is 31.2 Å². The van der Waals surface area contributed by atoms with Gasteiger partial charge in [-0.25, -0.2) is 13.1 Å². The number of rotatable bonds is 7. The minimum absolute atomic E-state index is 0.417. The lowest BCUT2D eigenvalue weighted by molar-refractivity contribution is -0.136. The average Bonchev–Trinajstić information content (AvgIpc) is 2.36. The zero-order valence-corrected chi connectivity index (χ0v) is 11.6. The Bertz CT molecular complexity index is 541. The van der Waals surface area contributed by atoms with E-state index in [0.717, 1.165) is 5.56 Å². The van der Waals surface area contributed by atoms with Gasteiger partial charge >= 0.3 is 5.97 Å². The Kier molecular flexibility index (Phi) is 5.31. The van der Waals surface area contributed by atoms with Gasteiger partial charge in [-0.05, 0) is 24.6 Å². The fourth-order valence-electron chi connectivity index (χ4n) is 1.53. The zero-order valence-electron chi connectivity index (χ0n) is 10.8. The minimum atomic E-state index is -3.62. The van der Waals surface area contributed by atoms with Gasteiger partial charge in [0.05, 0.1) is 19.3 Å². The van der Waals surface area contributed by atoms with Gasteiger partial charge in [-0.2, -0.15) is 0 Å². The maximum atomic E-state index is 11.7. The average molecular weight is 287 g/mol. The van der Waals surface area contributed by atoms with Crippen molar-refractivity contribution in [1.29, 1.82) is 0 Å². The first-order chi connectivity index (χ1) is 8.84. The molecule has 1 aromatic carbocycles. The quantitative estimate of drug-likeness (QED) is 0.784. The molecule has 1 aromatic rings. The first-order valence-electron chi connectivity index (χ1n) is 5.70. The Morgan fingerprint density at radius 1 is 1.47 bits per heavy atom. The molecule has 7 heteroatoms. The third kappa shape index (κ3) is 5.27. The molecule has 19 heavy (non-hydrogen) atoms. The molecule has 0 unspecified atom stereocenters. The van der Waals surface area contributed by atoms with E-state index >= 15 is 0 Å². The summed E-state index contributed by atoms with van der Waals surface area (Å²) in [6, 6.07) is 6.57. The van der Waals surface area contributed by atoms with Crippen LogP contribution in [0.4, 0.5) is 0 Å². The van der Waals surface area contributed by atoms with Gasteiger partial charge in [0.15, 0.2) is 0 Å². The maximum Gasteiger partial charge on any atom is 0.304 e. The van der Waals surface area contributed by atoms with Crippen LogP contribution in [0.15, 0.2) is 24.3 Å². The van der Waals surface area contributed by atoms with Crippen LogP contribution in [0.3, 0.4) is 0 Å². The van der Waals surface area contributed by atoms with Crippen molar-refractivity contribution in [3.8, 4) is 5.75 Å².